The second kappa shape index (κ2) is 9.21. The number of hydrogen-bond acceptors (Lipinski definition) is 2. The molecule has 0 spiro atoms. The lowest BCUT2D eigenvalue weighted by Crippen LogP contribution is -2.35. The standard InChI is InChI=1S/C21H31NO2Si/c1-5-24-20-16-19(14-10-7-11-15-25(2,3)4)21(23)22(20)17-18-12-8-6-9-13-18/h6,8-9,12-13,19-20H,5,10,14-17H2,1-4H3. The minimum Gasteiger partial charge on any atom is -0.359 e. The zero-order chi connectivity index (χ0) is 18.3. The summed E-state index contributed by atoms with van der Waals surface area (Å²) in [6.45, 7) is 10.2. The number of carbonyl (C=O) groups excluding carboxylic acids is 1. The summed E-state index contributed by atoms with van der Waals surface area (Å²) in [6.07, 6.45) is 2.33. The van der Waals surface area contributed by atoms with Crippen molar-refractivity contribution in [3.05, 3.63) is 35.9 Å². The molecule has 2 unspecified atom stereocenters. The largest absolute Gasteiger partial charge is 0.359 e. The monoisotopic (exact) mass is 357 g/mol. The average molecular weight is 358 g/mol. The maximum absolute atomic E-state index is 12.8. The molecule has 2 rings (SSSR count). The first kappa shape index (κ1) is 19.7. The van der Waals surface area contributed by atoms with Crippen LogP contribution in [0.2, 0.25) is 25.7 Å². The predicted molar refractivity (Wildman–Crippen MR) is 106 cm³/mol. The third kappa shape index (κ3) is 6.34. The van der Waals surface area contributed by atoms with Crippen LogP contribution >= 0.6 is 0 Å². The molecule has 0 aromatic heterocycles. The number of rotatable bonds is 7. The Morgan fingerprint density at radius 2 is 1.92 bits per heavy atom. The van der Waals surface area contributed by atoms with Gasteiger partial charge < -0.3 is 9.64 Å². The van der Waals surface area contributed by atoms with E-state index in [9.17, 15) is 4.79 Å². The molecule has 0 N–H and O–H groups in total. The molecule has 1 fully saturated rings. The summed E-state index contributed by atoms with van der Waals surface area (Å²) in [5, 5.41) is 0. The van der Waals surface area contributed by atoms with Gasteiger partial charge in [-0.05, 0) is 18.9 Å². The quantitative estimate of drug-likeness (QED) is 0.530. The molecule has 0 aliphatic carbocycles. The molecule has 0 bridgehead atoms. The van der Waals surface area contributed by atoms with Gasteiger partial charge in [-0.2, -0.15) is 0 Å². The van der Waals surface area contributed by atoms with Gasteiger partial charge in [0.25, 0.3) is 0 Å². The summed E-state index contributed by atoms with van der Waals surface area (Å²) in [6, 6.07) is 11.2. The summed E-state index contributed by atoms with van der Waals surface area (Å²) < 4.78 is 5.84. The Balaban J connectivity index is 1.93. The van der Waals surface area contributed by atoms with Gasteiger partial charge in [0.1, 0.15) is 6.23 Å². The second-order valence-corrected chi connectivity index (χ2v) is 13.4. The van der Waals surface area contributed by atoms with E-state index >= 15 is 0 Å². The van der Waals surface area contributed by atoms with Crippen LogP contribution < -0.4 is 0 Å². The van der Waals surface area contributed by atoms with E-state index in [1.54, 1.807) is 0 Å². The van der Waals surface area contributed by atoms with Gasteiger partial charge >= 0.3 is 0 Å². The lowest BCUT2D eigenvalue weighted by Gasteiger charge is -2.24. The molecule has 0 radical (unpaired) electrons. The minimum absolute atomic E-state index is 0.0430. The lowest BCUT2D eigenvalue weighted by atomic mass is 10.0. The predicted octanol–water partition coefficient (Wildman–Crippen LogP) is 4.52. The van der Waals surface area contributed by atoms with Crippen LogP contribution in [0.15, 0.2) is 30.3 Å². The molecule has 136 valence electrons. The number of hydrogen-bond donors (Lipinski definition) is 0. The zero-order valence-electron chi connectivity index (χ0n) is 16.0. The molecule has 1 aromatic rings. The highest BCUT2D eigenvalue weighted by molar-refractivity contribution is 6.76. The van der Waals surface area contributed by atoms with Gasteiger partial charge in [-0.25, -0.2) is 0 Å². The maximum Gasteiger partial charge on any atom is 0.228 e. The first-order valence-corrected chi connectivity index (χ1v) is 13.0. The van der Waals surface area contributed by atoms with Gasteiger partial charge in [0.2, 0.25) is 5.91 Å². The average Bonchev–Trinajstić information content (AvgIpc) is 2.84. The zero-order valence-corrected chi connectivity index (χ0v) is 17.0. The van der Waals surface area contributed by atoms with Crippen molar-refractivity contribution in [2.24, 2.45) is 5.92 Å². The smallest absolute Gasteiger partial charge is 0.228 e. The SMILES string of the molecule is CCOC1CC(CCC#CC[Si](C)(C)C)C(=O)N1Cc1ccccc1. The van der Waals surface area contributed by atoms with Gasteiger partial charge in [0.15, 0.2) is 0 Å². The highest BCUT2D eigenvalue weighted by atomic mass is 28.3. The normalized spacial score (nSPS) is 20.5. The molecule has 1 aliphatic rings. The summed E-state index contributed by atoms with van der Waals surface area (Å²) in [5.41, 5.74) is 1.15. The molecule has 0 saturated carbocycles. The van der Waals surface area contributed by atoms with Crippen LogP contribution in [0, 0.1) is 17.8 Å². The van der Waals surface area contributed by atoms with Gasteiger partial charge in [-0.3, -0.25) is 4.79 Å². The van der Waals surface area contributed by atoms with E-state index < -0.39 is 8.07 Å². The molecule has 2 atom stereocenters. The van der Waals surface area contributed by atoms with E-state index in [1.165, 1.54) is 0 Å². The Hall–Kier alpha value is -1.57. The molecule has 1 aliphatic heterocycles. The Kier molecular flexibility index (Phi) is 7.28. The van der Waals surface area contributed by atoms with Crippen LogP contribution in [-0.4, -0.2) is 31.7 Å². The molecular weight excluding hydrogens is 326 g/mol. The van der Waals surface area contributed by atoms with Crippen molar-refractivity contribution < 1.29 is 9.53 Å². The molecule has 1 saturated heterocycles. The fourth-order valence-electron chi connectivity index (χ4n) is 3.06. The van der Waals surface area contributed by atoms with Crippen LogP contribution in [0.25, 0.3) is 0 Å². The Labute approximate surface area is 153 Å². The highest BCUT2D eigenvalue weighted by Crippen LogP contribution is 2.30. The van der Waals surface area contributed by atoms with Crippen molar-refractivity contribution in [3.63, 3.8) is 0 Å². The summed E-state index contributed by atoms with van der Waals surface area (Å²) in [7, 11) is -1.10. The number of benzene rings is 1. The number of carbonyl (C=O) groups is 1. The summed E-state index contributed by atoms with van der Waals surface area (Å²) >= 11 is 0. The summed E-state index contributed by atoms with van der Waals surface area (Å²) in [5.74, 6) is 6.84. The van der Waals surface area contributed by atoms with Gasteiger partial charge in [-0.1, -0.05) is 50.0 Å². The van der Waals surface area contributed by atoms with Crippen molar-refractivity contribution in [1.82, 2.24) is 4.90 Å². The molecule has 4 heteroatoms. The van der Waals surface area contributed by atoms with E-state index in [2.05, 4.69) is 43.6 Å². The van der Waals surface area contributed by atoms with E-state index in [0.29, 0.717) is 13.2 Å². The molecular formula is C21H31NO2Si. The third-order valence-electron chi connectivity index (χ3n) is 4.38. The van der Waals surface area contributed by atoms with Crippen LogP contribution in [0.5, 0.6) is 0 Å². The van der Waals surface area contributed by atoms with Crippen molar-refractivity contribution in [2.45, 2.75) is 64.6 Å². The molecule has 1 amide bonds. The minimum atomic E-state index is -1.10. The number of likely N-dealkylation sites (tertiary alicyclic amines) is 1. The Bertz CT molecular complexity index is 612. The molecule has 25 heavy (non-hydrogen) atoms. The van der Waals surface area contributed by atoms with Crippen molar-refractivity contribution in [3.8, 4) is 11.8 Å². The second-order valence-electron chi connectivity index (χ2n) is 7.92. The Morgan fingerprint density at radius 3 is 2.56 bits per heavy atom. The van der Waals surface area contributed by atoms with E-state index in [-0.39, 0.29) is 18.1 Å². The molecule has 1 aromatic carbocycles. The van der Waals surface area contributed by atoms with E-state index in [0.717, 1.165) is 30.9 Å². The topological polar surface area (TPSA) is 29.5 Å². The summed E-state index contributed by atoms with van der Waals surface area (Å²) in [4.78, 5) is 14.7. The highest BCUT2D eigenvalue weighted by Gasteiger charge is 2.39. The first-order chi connectivity index (χ1) is 11.9. The van der Waals surface area contributed by atoms with Crippen LogP contribution in [0.4, 0.5) is 0 Å². The van der Waals surface area contributed by atoms with E-state index in [4.69, 9.17) is 4.74 Å². The lowest BCUT2D eigenvalue weighted by molar-refractivity contribution is -0.139. The van der Waals surface area contributed by atoms with Gasteiger partial charge in [0.05, 0.1) is 8.07 Å². The number of nitrogens with zero attached hydrogens (tertiary/aromatic N) is 1. The van der Waals surface area contributed by atoms with Gasteiger partial charge in [0, 0.05) is 38.0 Å². The third-order valence-corrected chi connectivity index (χ3v) is 5.62. The van der Waals surface area contributed by atoms with Crippen LogP contribution in [0.1, 0.15) is 31.7 Å². The number of ether oxygens (including phenoxy) is 1. The molecule has 3 nitrogen and oxygen atoms in total. The van der Waals surface area contributed by atoms with Crippen molar-refractivity contribution in [2.75, 3.05) is 6.61 Å². The Morgan fingerprint density at radius 1 is 1.20 bits per heavy atom. The van der Waals surface area contributed by atoms with E-state index in [1.807, 2.05) is 30.0 Å². The van der Waals surface area contributed by atoms with Crippen LogP contribution in [-0.2, 0) is 16.1 Å². The molecule has 1 heterocycles. The van der Waals surface area contributed by atoms with Crippen molar-refractivity contribution >= 4 is 14.0 Å². The van der Waals surface area contributed by atoms with Crippen molar-refractivity contribution in [1.29, 1.82) is 0 Å². The maximum atomic E-state index is 12.8. The fourth-order valence-corrected chi connectivity index (χ4v) is 3.72. The van der Waals surface area contributed by atoms with Gasteiger partial charge in [-0.15, -0.1) is 11.8 Å². The first-order valence-electron chi connectivity index (χ1n) is 9.32. The van der Waals surface area contributed by atoms with Crippen LogP contribution in [0.3, 0.4) is 0 Å². The fraction of sp³-hybridized carbons (Fsp3) is 0.571. The number of amides is 1.